The van der Waals surface area contributed by atoms with Gasteiger partial charge in [0, 0.05) is 0 Å². The first-order chi connectivity index (χ1) is 6.29. The van der Waals surface area contributed by atoms with Gasteiger partial charge in [-0.3, -0.25) is 0 Å². The van der Waals surface area contributed by atoms with Crippen LogP contribution in [0.15, 0.2) is 24.5 Å². The van der Waals surface area contributed by atoms with Crippen molar-refractivity contribution in [2.75, 3.05) is 0 Å². The molecule has 0 bridgehead atoms. The van der Waals surface area contributed by atoms with Crippen molar-refractivity contribution in [2.45, 2.75) is 36.5 Å². The van der Waals surface area contributed by atoms with Gasteiger partial charge in [0.25, 0.3) is 0 Å². The molecule has 0 saturated heterocycles. The third-order valence-electron chi connectivity index (χ3n) is 3.32. The van der Waals surface area contributed by atoms with Gasteiger partial charge in [-0.2, -0.15) is 0 Å². The quantitative estimate of drug-likeness (QED) is 0.734. The maximum atomic E-state index is 4.09. The van der Waals surface area contributed by atoms with E-state index in [4.69, 9.17) is 0 Å². The Kier molecular flexibility index (Phi) is 3.98. The molecule has 0 amide bonds. The first-order valence-electron chi connectivity index (χ1n) is 5.19. The predicted octanol–water partition coefficient (Wildman–Crippen LogP) is 2.80. The average molecular weight is 238 g/mol. The van der Waals surface area contributed by atoms with Crippen LogP contribution in [-0.2, 0) is 0 Å². The van der Waals surface area contributed by atoms with E-state index in [2.05, 4.69) is 37.9 Å². The SMILES string of the molecule is C[CH2][Ge]([CH2]C)([CH2]C)[c]1ccncc1. The summed E-state index contributed by atoms with van der Waals surface area (Å²) in [4.78, 5) is 4.09. The summed E-state index contributed by atoms with van der Waals surface area (Å²) in [5.74, 6) is 0. The molecule has 0 saturated carbocycles. The molecule has 0 fully saturated rings. The van der Waals surface area contributed by atoms with Gasteiger partial charge in [-0.05, 0) is 0 Å². The summed E-state index contributed by atoms with van der Waals surface area (Å²) in [6.07, 6.45) is 3.88. The molecule has 0 radical (unpaired) electrons. The van der Waals surface area contributed by atoms with Gasteiger partial charge in [-0.25, -0.2) is 0 Å². The van der Waals surface area contributed by atoms with E-state index in [0.29, 0.717) is 0 Å². The fraction of sp³-hybridized carbons (Fsp3) is 0.545. The zero-order chi connectivity index (χ0) is 9.73. The van der Waals surface area contributed by atoms with E-state index in [1.54, 1.807) is 4.40 Å². The van der Waals surface area contributed by atoms with Crippen molar-refractivity contribution in [3.63, 3.8) is 0 Å². The summed E-state index contributed by atoms with van der Waals surface area (Å²) in [6, 6.07) is 4.47. The average Bonchev–Trinajstić information content (AvgIpc) is 2.23. The van der Waals surface area contributed by atoms with E-state index < -0.39 is 13.3 Å². The number of aromatic nitrogens is 1. The number of hydrogen-bond acceptors (Lipinski definition) is 1. The molecule has 0 aliphatic heterocycles. The van der Waals surface area contributed by atoms with Crippen LogP contribution in [0.1, 0.15) is 20.8 Å². The normalized spacial score (nSPS) is 11.6. The molecule has 0 aliphatic rings. The van der Waals surface area contributed by atoms with Crippen molar-refractivity contribution in [1.82, 2.24) is 4.98 Å². The molecule has 72 valence electrons. The second-order valence-corrected chi connectivity index (χ2v) is 14.6. The van der Waals surface area contributed by atoms with Crippen molar-refractivity contribution in [3.8, 4) is 0 Å². The molecule has 1 rings (SSSR count). The van der Waals surface area contributed by atoms with Crippen LogP contribution in [0.2, 0.25) is 15.8 Å². The van der Waals surface area contributed by atoms with E-state index in [-0.39, 0.29) is 0 Å². The maximum absolute atomic E-state index is 4.09. The molecule has 0 spiro atoms. The molecule has 1 heterocycles. The van der Waals surface area contributed by atoms with E-state index in [1.807, 2.05) is 12.4 Å². The van der Waals surface area contributed by atoms with Gasteiger partial charge in [0.2, 0.25) is 0 Å². The van der Waals surface area contributed by atoms with Crippen LogP contribution in [0.3, 0.4) is 0 Å². The van der Waals surface area contributed by atoms with Gasteiger partial charge < -0.3 is 0 Å². The van der Waals surface area contributed by atoms with Crippen LogP contribution in [0.25, 0.3) is 0 Å². The molecular formula is C11H19GeN. The fourth-order valence-corrected chi connectivity index (χ4v) is 9.58. The molecular weight excluding hydrogens is 219 g/mol. The molecule has 0 atom stereocenters. The molecule has 0 aliphatic carbocycles. The minimum atomic E-state index is -1.66. The van der Waals surface area contributed by atoms with Crippen molar-refractivity contribution < 1.29 is 0 Å². The van der Waals surface area contributed by atoms with E-state index in [0.717, 1.165) is 0 Å². The Morgan fingerprint density at radius 3 is 1.85 bits per heavy atom. The number of rotatable bonds is 4. The van der Waals surface area contributed by atoms with Crippen LogP contribution in [0, 0.1) is 0 Å². The molecule has 0 N–H and O–H groups in total. The number of nitrogens with zero attached hydrogens (tertiary/aromatic N) is 1. The monoisotopic (exact) mass is 239 g/mol. The Morgan fingerprint density at radius 1 is 1.00 bits per heavy atom. The Hall–Kier alpha value is -0.307. The second-order valence-electron chi connectivity index (χ2n) is 3.58. The molecule has 2 heteroatoms. The Morgan fingerprint density at radius 2 is 1.46 bits per heavy atom. The number of pyridine rings is 1. The third kappa shape index (κ3) is 2.13. The summed E-state index contributed by atoms with van der Waals surface area (Å²) in [5, 5.41) is 4.20. The van der Waals surface area contributed by atoms with Crippen LogP contribution in [0.4, 0.5) is 0 Å². The molecule has 0 unspecified atom stereocenters. The Bertz CT molecular complexity index is 233. The topological polar surface area (TPSA) is 12.9 Å². The summed E-state index contributed by atoms with van der Waals surface area (Å²) in [6.45, 7) is 7.06. The van der Waals surface area contributed by atoms with Crippen molar-refractivity contribution in [2.24, 2.45) is 0 Å². The summed E-state index contributed by atoms with van der Waals surface area (Å²) in [5.41, 5.74) is 0. The zero-order valence-electron chi connectivity index (χ0n) is 8.88. The molecule has 0 aromatic carbocycles. The van der Waals surface area contributed by atoms with Gasteiger partial charge in [0.1, 0.15) is 0 Å². The number of hydrogen-bond donors (Lipinski definition) is 0. The van der Waals surface area contributed by atoms with Gasteiger partial charge in [-0.1, -0.05) is 0 Å². The molecule has 13 heavy (non-hydrogen) atoms. The second kappa shape index (κ2) is 4.80. The fourth-order valence-electron chi connectivity index (χ4n) is 2.07. The van der Waals surface area contributed by atoms with Crippen molar-refractivity contribution in [3.05, 3.63) is 24.5 Å². The van der Waals surface area contributed by atoms with Crippen molar-refractivity contribution >= 4 is 17.7 Å². The zero-order valence-corrected chi connectivity index (χ0v) is 11.0. The Labute approximate surface area is 83.9 Å². The van der Waals surface area contributed by atoms with E-state index in [9.17, 15) is 0 Å². The van der Waals surface area contributed by atoms with E-state index in [1.165, 1.54) is 15.8 Å². The molecule has 1 aromatic rings. The van der Waals surface area contributed by atoms with Crippen molar-refractivity contribution in [1.29, 1.82) is 0 Å². The van der Waals surface area contributed by atoms with Gasteiger partial charge in [0.15, 0.2) is 0 Å². The van der Waals surface area contributed by atoms with Crippen LogP contribution < -0.4 is 4.40 Å². The summed E-state index contributed by atoms with van der Waals surface area (Å²) in [7, 11) is 0. The van der Waals surface area contributed by atoms with Crippen LogP contribution >= 0.6 is 0 Å². The van der Waals surface area contributed by atoms with Gasteiger partial charge in [-0.15, -0.1) is 0 Å². The third-order valence-corrected chi connectivity index (χ3v) is 15.1. The van der Waals surface area contributed by atoms with Crippen LogP contribution in [0.5, 0.6) is 0 Å². The standard InChI is InChI=1S/C11H19GeN/c1-4-12(5-2,6-3)11-7-9-13-10-8-11/h7-10H,4-6H2,1-3H3. The predicted molar refractivity (Wildman–Crippen MR) is 61.1 cm³/mol. The van der Waals surface area contributed by atoms with Crippen LogP contribution in [-0.4, -0.2) is 18.3 Å². The first kappa shape index (κ1) is 10.8. The first-order valence-corrected chi connectivity index (χ1v) is 10.7. The van der Waals surface area contributed by atoms with Gasteiger partial charge >= 0.3 is 83.7 Å². The van der Waals surface area contributed by atoms with Gasteiger partial charge in [0.05, 0.1) is 0 Å². The summed E-state index contributed by atoms with van der Waals surface area (Å²) < 4.78 is 1.63. The molecule has 1 nitrogen and oxygen atoms in total. The summed E-state index contributed by atoms with van der Waals surface area (Å²) >= 11 is -1.66. The Balaban J connectivity index is 3.01. The minimum absolute atomic E-state index is 1.40. The van der Waals surface area contributed by atoms with E-state index >= 15 is 0 Å². The molecule has 1 aromatic heterocycles.